The number of para-hydroxylation sites is 3. The highest BCUT2D eigenvalue weighted by atomic mass is 16.7. The van der Waals surface area contributed by atoms with Gasteiger partial charge in [-0.2, -0.15) is 0 Å². The van der Waals surface area contributed by atoms with Crippen LogP contribution in [0.3, 0.4) is 0 Å². The fourth-order valence-corrected chi connectivity index (χ4v) is 3.16. The third kappa shape index (κ3) is 1.42. The van der Waals surface area contributed by atoms with Gasteiger partial charge in [-0.05, 0) is 18.2 Å². The molecule has 2 aromatic rings. The minimum atomic E-state index is 0.129. The summed E-state index contributed by atoms with van der Waals surface area (Å²) in [4.78, 5) is 4.54. The number of benzene rings is 2. The molecule has 0 N–H and O–H groups in total. The molecule has 2 aliphatic heterocycles. The quantitative estimate of drug-likeness (QED) is 0.793. The van der Waals surface area contributed by atoms with Gasteiger partial charge < -0.3 is 19.3 Å². The van der Waals surface area contributed by atoms with Crippen LogP contribution in [0.5, 0.6) is 11.5 Å². The second-order valence-electron chi connectivity index (χ2n) is 5.17. The van der Waals surface area contributed by atoms with E-state index >= 15 is 0 Å². The monoisotopic (exact) mass is 268 g/mol. The molecule has 20 heavy (non-hydrogen) atoms. The van der Waals surface area contributed by atoms with Crippen LogP contribution in [-0.4, -0.2) is 20.9 Å². The van der Waals surface area contributed by atoms with Gasteiger partial charge in [0.2, 0.25) is 6.79 Å². The molecule has 0 fully saturated rings. The number of nitrogens with zero attached hydrogens (tertiary/aromatic N) is 2. The number of hydrogen-bond acceptors (Lipinski definition) is 4. The summed E-state index contributed by atoms with van der Waals surface area (Å²) in [7, 11) is 4.23. The van der Waals surface area contributed by atoms with Crippen molar-refractivity contribution in [2.45, 2.75) is 6.17 Å². The molecule has 0 radical (unpaired) electrons. The molecule has 2 heterocycles. The molecule has 0 aromatic heterocycles. The highest BCUT2D eigenvalue weighted by Crippen LogP contribution is 2.48. The first kappa shape index (κ1) is 11.5. The van der Waals surface area contributed by atoms with Crippen LogP contribution in [-0.2, 0) is 0 Å². The van der Waals surface area contributed by atoms with Crippen molar-refractivity contribution in [3.8, 4) is 11.5 Å². The van der Waals surface area contributed by atoms with E-state index in [1.165, 1.54) is 11.4 Å². The van der Waals surface area contributed by atoms with Gasteiger partial charge in [0, 0.05) is 19.7 Å². The second kappa shape index (κ2) is 4.07. The van der Waals surface area contributed by atoms with Crippen LogP contribution in [0.4, 0.5) is 11.4 Å². The molecule has 0 bridgehead atoms. The van der Waals surface area contributed by atoms with E-state index in [1.807, 2.05) is 12.1 Å². The largest absolute Gasteiger partial charge is 0.454 e. The van der Waals surface area contributed by atoms with Gasteiger partial charge in [-0.25, -0.2) is 0 Å². The van der Waals surface area contributed by atoms with E-state index in [0.29, 0.717) is 6.79 Å². The van der Waals surface area contributed by atoms with Crippen molar-refractivity contribution in [1.29, 1.82) is 0 Å². The molecule has 0 aliphatic carbocycles. The minimum Gasteiger partial charge on any atom is -0.454 e. The van der Waals surface area contributed by atoms with Crippen LogP contribution >= 0.6 is 0 Å². The first-order valence-corrected chi connectivity index (χ1v) is 6.70. The standard InChI is InChI=1S/C16H16N2O2/c1-17-12-7-3-4-8-13(12)18(2)16(17)11-6-5-9-14-15(11)20-10-19-14/h3-9,16H,10H2,1-2H3. The predicted molar refractivity (Wildman–Crippen MR) is 78.6 cm³/mol. The lowest BCUT2D eigenvalue weighted by atomic mass is 10.1. The zero-order valence-electron chi connectivity index (χ0n) is 11.5. The van der Waals surface area contributed by atoms with Crippen molar-refractivity contribution in [2.75, 3.05) is 30.7 Å². The smallest absolute Gasteiger partial charge is 0.231 e. The summed E-state index contributed by atoms with van der Waals surface area (Å²) in [6.07, 6.45) is 0.129. The molecule has 2 aromatic carbocycles. The summed E-state index contributed by atoms with van der Waals surface area (Å²) in [6.45, 7) is 0.305. The lowest BCUT2D eigenvalue weighted by Crippen LogP contribution is -2.30. The summed E-state index contributed by atoms with van der Waals surface area (Å²) in [6, 6.07) is 14.5. The Kier molecular flexibility index (Phi) is 2.33. The van der Waals surface area contributed by atoms with E-state index in [4.69, 9.17) is 9.47 Å². The van der Waals surface area contributed by atoms with Crippen LogP contribution in [0.25, 0.3) is 0 Å². The predicted octanol–water partition coefficient (Wildman–Crippen LogP) is 3.00. The van der Waals surface area contributed by atoms with Crippen LogP contribution < -0.4 is 19.3 Å². The van der Waals surface area contributed by atoms with E-state index in [9.17, 15) is 0 Å². The third-order valence-electron chi connectivity index (χ3n) is 4.08. The molecule has 102 valence electrons. The molecule has 0 atom stereocenters. The van der Waals surface area contributed by atoms with Gasteiger partial charge in [-0.1, -0.05) is 24.3 Å². The van der Waals surface area contributed by atoms with Crippen LogP contribution in [0.15, 0.2) is 42.5 Å². The lowest BCUT2D eigenvalue weighted by Gasteiger charge is -2.28. The molecule has 0 unspecified atom stereocenters. The maximum absolute atomic E-state index is 5.66. The Morgan fingerprint density at radius 3 is 2.30 bits per heavy atom. The molecule has 0 amide bonds. The van der Waals surface area contributed by atoms with E-state index in [2.05, 4.69) is 54.2 Å². The highest BCUT2D eigenvalue weighted by molar-refractivity contribution is 5.78. The molecule has 4 nitrogen and oxygen atoms in total. The first-order chi connectivity index (χ1) is 9.77. The summed E-state index contributed by atoms with van der Waals surface area (Å²) in [5, 5.41) is 0. The number of fused-ring (bicyclic) bond motifs is 2. The van der Waals surface area contributed by atoms with Gasteiger partial charge >= 0.3 is 0 Å². The number of anilines is 2. The van der Waals surface area contributed by atoms with Gasteiger partial charge in [-0.3, -0.25) is 0 Å². The maximum atomic E-state index is 5.66. The SMILES string of the molecule is CN1c2ccccc2N(C)C1c1cccc2c1OCO2. The molecular formula is C16H16N2O2. The van der Waals surface area contributed by atoms with Crippen molar-refractivity contribution >= 4 is 11.4 Å². The fraction of sp³-hybridized carbons (Fsp3) is 0.250. The Morgan fingerprint density at radius 2 is 1.60 bits per heavy atom. The second-order valence-corrected chi connectivity index (χ2v) is 5.17. The normalized spacial score (nSPS) is 16.7. The highest BCUT2D eigenvalue weighted by Gasteiger charge is 2.35. The van der Waals surface area contributed by atoms with Crippen LogP contribution in [0.1, 0.15) is 11.7 Å². The van der Waals surface area contributed by atoms with Gasteiger partial charge in [-0.15, -0.1) is 0 Å². The van der Waals surface area contributed by atoms with Crippen molar-refractivity contribution in [3.05, 3.63) is 48.0 Å². The Bertz CT molecular complexity index is 642. The Morgan fingerprint density at radius 1 is 0.900 bits per heavy atom. The van der Waals surface area contributed by atoms with Gasteiger partial charge in [0.25, 0.3) is 0 Å². The maximum Gasteiger partial charge on any atom is 0.231 e. The number of rotatable bonds is 1. The molecule has 0 spiro atoms. The van der Waals surface area contributed by atoms with Crippen molar-refractivity contribution in [2.24, 2.45) is 0 Å². The summed E-state index contributed by atoms with van der Waals surface area (Å²) >= 11 is 0. The van der Waals surface area contributed by atoms with Gasteiger partial charge in [0.05, 0.1) is 11.4 Å². The molecule has 4 rings (SSSR count). The zero-order chi connectivity index (χ0) is 13.7. The van der Waals surface area contributed by atoms with Crippen LogP contribution in [0.2, 0.25) is 0 Å². The van der Waals surface area contributed by atoms with E-state index in [-0.39, 0.29) is 6.17 Å². The lowest BCUT2D eigenvalue weighted by molar-refractivity contribution is 0.173. The molecule has 4 heteroatoms. The van der Waals surface area contributed by atoms with E-state index in [0.717, 1.165) is 17.1 Å². The summed E-state index contributed by atoms with van der Waals surface area (Å²) < 4.78 is 11.1. The van der Waals surface area contributed by atoms with Gasteiger partial charge in [0.15, 0.2) is 11.5 Å². The third-order valence-corrected chi connectivity index (χ3v) is 4.08. The molecule has 0 saturated heterocycles. The van der Waals surface area contributed by atoms with Crippen molar-refractivity contribution in [3.63, 3.8) is 0 Å². The first-order valence-electron chi connectivity index (χ1n) is 6.70. The summed E-state index contributed by atoms with van der Waals surface area (Å²) in [5.74, 6) is 1.70. The minimum absolute atomic E-state index is 0.129. The van der Waals surface area contributed by atoms with Crippen molar-refractivity contribution < 1.29 is 9.47 Å². The fourth-order valence-electron chi connectivity index (χ4n) is 3.16. The average Bonchev–Trinajstić information content (AvgIpc) is 3.04. The summed E-state index contributed by atoms with van der Waals surface area (Å²) in [5.41, 5.74) is 3.61. The topological polar surface area (TPSA) is 24.9 Å². The van der Waals surface area contributed by atoms with Gasteiger partial charge in [0.1, 0.15) is 6.17 Å². The molecular weight excluding hydrogens is 252 g/mol. The molecule has 0 saturated carbocycles. The Labute approximate surface area is 118 Å². The van der Waals surface area contributed by atoms with Crippen LogP contribution in [0, 0.1) is 0 Å². The molecule has 2 aliphatic rings. The number of ether oxygens (including phenoxy) is 2. The van der Waals surface area contributed by atoms with E-state index in [1.54, 1.807) is 0 Å². The zero-order valence-corrected chi connectivity index (χ0v) is 11.5. The average molecular weight is 268 g/mol. The number of hydrogen-bond donors (Lipinski definition) is 0. The van der Waals surface area contributed by atoms with Crippen molar-refractivity contribution in [1.82, 2.24) is 0 Å². The Hall–Kier alpha value is -2.36. The van der Waals surface area contributed by atoms with E-state index < -0.39 is 0 Å². The Balaban J connectivity index is 1.84.